The molecular formula is C13H17ClO. The molecule has 82 valence electrons. The second-order valence-corrected chi connectivity index (χ2v) is 4.45. The smallest absolute Gasteiger partial charge is 0.122 e. The van der Waals surface area contributed by atoms with Crippen LogP contribution in [0.1, 0.15) is 36.5 Å². The number of benzene rings is 1. The first-order valence-corrected chi connectivity index (χ1v) is 5.48. The largest absolute Gasteiger partial charge is 0.507 e. The predicted octanol–water partition coefficient (Wildman–Crippen LogP) is 4.21. The van der Waals surface area contributed by atoms with Crippen LogP contribution < -0.4 is 0 Å². The topological polar surface area (TPSA) is 20.2 Å². The molecule has 1 aromatic rings. The summed E-state index contributed by atoms with van der Waals surface area (Å²) in [6, 6.07) is 1.85. The molecule has 0 aliphatic carbocycles. The zero-order valence-corrected chi connectivity index (χ0v) is 10.2. The van der Waals surface area contributed by atoms with E-state index in [2.05, 4.69) is 6.58 Å². The molecular weight excluding hydrogens is 208 g/mol. The van der Waals surface area contributed by atoms with Crippen LogP contribution in [0, 0.1) is 6.92 Å². The average Bonchev–Trinajstić information content (AvgIpc) is 2.18. The fourth-order valence-corrected chi connectivity index (χ4v) is 1.87. The minimum atomic E-state index is 0.270. The number of aromatic hydroxyl groups is 1. The SMILES string of the molecule is C=CCc1c(C)c(Cl)cc(C(C)C)c1O. The van der Waals surface area contributed by atoms with Crippen molar-refractivity contribution in [3.05, 3.63) is 40.4 Å². The summed E-state index contributed by atoms with van der Waals surface area (Å²) in [6.07, 6.45) is 2.43. The quantitative estimate of drug-likeness (QED) is 0.763. The van der Waals surface area contributed by atoms with Crippen molar-refractivity contribution in [1.29, 1.82) is 0 Å². The monoisotopic (exact) mass is 224 g/mol. The maximum atomic E-state index is 10.1. The van der Waals surface area contributed by atoms with E-state index in [4.69, 9.17) is 11.6 Å². The first kappa shape index (κ1) is 12.1. The summed E-state index contributed by atoms with van der Waals surface area (Å²) in [5.74, 6) is 0.637. The number of allylic oxidation sites excluding steroid dienone is 1. The van der Waals surface area contributed by atoms with Gasteiger partial charge in [-0.1, -0.05) is 31.5 Å². The Hall–Kier alpha value is -0.950. The summed E-state index contributed by atoms with van der Waals surface area (Å²) in [5.41, 5.74) is 2.74. The third-order valence-corrected chi connectivity index (χ3v) is 3.02. The molecule has 2 heteroatoms. The maximum Gasteiger partial charge on any atom is 0.122 e. The van der Waals surface area contributed by atoms with Crippen LogP contribution in [0.4, 0.5) is 0 Å². The molecule has 15 heavy (non-hydrogen) atoms. The van der Waals surface area contributed by atoms with Gasteiger partial charge in [-0.3, -0.25) is 0 Å². The molecule has 0 saturated heterocycles. The lowest BCUT2D eigenvalue weighted by molar-refractivity contribution is 0.458. The van der Waals surface area contributed by atoms with Crippen LogP contribution in [-0.4, -0.2) is 5.11 Å². The van der Waals surface area contributed by atoms with Gasteiger partial charge in [-0.25, -0.2) is 0 Å². The molecule has 1 nitrogen and oxygen atoms in total. The molecule has 0 aliphatic rings. The summed E-state index contributed by atoms with van der Waals surface area (Å²) >= 11 is 6.13. The van der Waals surface area contributed by atoms with Crippen LogP contribution in [0.15, 0.2) is 18.7 Å². The standard InChI is InChI=1S/C13H17ClO/c1-5-6-10-9(4)12(14)7-11(8(2)3)13(10)15/h5,7-8,15H,1,6H2,2-4H3. The molecule has 0 fully saturated rings. The Morgan fingerprint density at radius 1 is 1.53 bits per heavy atom. The van der Waals surface area contributed by atoms with Gasteiger partial charge in [0.05, 0.1) is 0 Å². The lowest BCUT2D eigenvalue weighted by Crippen LogP contribution is -1.96. The first-order chi connectivity index (χ1) is 6.99. The number of hydrogen-bond acceptors (Lipinski definition) is 1. The predicted molar refractivity (Wildman–Crippen MR) is 65.8 cm³/mol. The van der Waals surface area contributed by atoms with Gasteiger partial charge in [0.2, 0.25) is 0 Å². The normalized spacial score (nSPS) is 10.7. The molecule has 0 bridgehead atoms. The summed E-state index contributed by atoms with van der Waals surface area (Å²) in [6.45, 7) is 9.69. The van der Waals surface area contributed by atoms with Crippen LogP contribution in [-0.2, 0) is 6.42 Å². The van der Waals surface area contributed by atoms with Gasteiger partial charge in [-0.15, -0.1) is 6.58 Å². The Kier molecular flexibility index (Phi) is 3.81. The molecule has 0 amide bonds. The first-order valence-electron chi connectivity index (χ1n) is 5.10. The molecule has 0 aromatic heterocycles. The van der Waals surface area contributed by atoms with Crippen molar-refractivity contribution in [2.24, 2.45) is 0 Å². The van der Waals surface area contributed by atoms with E-state index in [-0.39, 0.29) is 5.92 Å². The van der Waals surface area contributed by atoms with Gasteiger partial charge < -0.3 is 5.11 Å². The lowest BCUT2D eigenvalue weighted by atomic mass is 9.94. The van der Waals surface area contributed by atoms with E-state index in [1.54, 1.807) is 6.08 Å². The van der Waals surface area contributed by atoms with Gasteiger partial charge in [-0.05, 0) is 36.5 Å². The van der Waals surface area contributed by atoms with Gasteiger partial charge >= 0.3 is 0 Å². The van der Waals surface area contributed by atoms with Crippen LogP contribution in [0.5, 0.6) is 5.75 Å². The fourth-order valence-electron chi connectivity index (χ4n) is 1.64. The van der Waals surface area contributed by atoms with Crippen molar-refractivity contribution in [1.82, 2.24) is 0 Å². The highest BCUT2D eigenvalue weighted by Gasteiger charge is 2.14. The zero-order chi connectivity index (χ0) is 11.6. The van der Waals surface area contributed by atoms with E-state index in [0.29, 0.717) is 17.2 Å². The van der Waals surface area contributed by atoms with Crippen molar-refractivity contribution in [2.75, 3.05) is 0 Å². The Bertz CT molecular complexity index is 381. The molecule has 0 unspecified atom stereocenters. The Labute approximate surface area is 96.4 Å². The molecule has 0 atom stereocenters. The highest BCUT2D eigenvalue weighted by atomic mass is 35.5. The van der Waals surface area contributed by atoms with Gasteiger partial charge in [0.15, 0.2) is 0 Å². The third-order valence-electron chi connectivity index (χ3n) is 2.62. The van der Waals surface area contributed by atoms with Gasteiger partial charge in [-0.2, -0.15) is 0 Å². The van der Waals surface area contributed by atoms with E-state index in [0.717, 1.165) is 16.7 Å². The fraction of sp³-hybridized carbons (Fsp3) is 0.385. The number of phenolic OH excluding ortho intramolecular Hbond substituents is 1. The van der Waals surface area contributed by atoms with E-state index >= 15 is 0 Å². The number of phenols is 1. The highest BCUT2D eigenvalue weighted by Crippen LogP contribution is 2.35. The molecule has 0 radical (unpaired) electrons. The Morgan fingerprint density at radius 2 is 2.13 bits per heavy atom. The van der Waals surface area contributed by atoms with Crippen LogP contribution in [0.25, 0.3) is 0 Å². The zero-order valence-electron chi connectivity index (χ0n) is 9.47. The second kappa shape index (κ2) is 4.71. The van der Waals surface area contributed by atoms with Crippen molar-refractivity contribution >= 4 is 11.6 Å². The number of rotatable bonds is 3. The maximum absolute atomic E-state index is 10.1. The molecule has 1 N–H and O–H groups in total. The molecule has 1 rings (SSSR count). The van der Waals surface area contributed by atoms with Gasteiger partial charge in [0.1, 0.15) is 5.75 Å². The van der Waals surface area contributed by atoms with Crippen molar-refractivity contribution < 1.29 is 5.11 Å². The summed E-state index contributed by atoms with van der Waals surface area (Å²) in [4.78, 5) is 0. The minimum absolute atomic E-state index is 0.270. The van der Waals surface area contributed by atoms with Crippen molar-refractivity contribution in [2.45, 2.75) is 33.1 Å². The van der Waals surface area contributed by atoms with E-state index in [1.807, 2.05) is 26.8 Å². The molecule has 0 aliphatic heterocycles. The van der Waals surface area contributed by atoms with Crippen molar-refractivity contribution in [3.63, 3.8) is 0 Å². The number of hydrogen-bond donors (Lipinski definition) is 1. The lowest BCUT2D eigenvalue weighted by Gasteiger charge is -2.15. The Balaban J connectivity index is 3.41. The molecule has 0 spiro atoms. The van der Waals surface area contributed by atoms with Crippen LogP contribution in [0.2, 0.25) is 5.02 Å². The van der Waals surface area contributed by atoms with Crippen LogP contribution >= 0.6 is 11.6 Å². The van der Waals surface area contributed by atoms with Gasteiger partial charge in [0, 0.05) is 10.6 Å². The molecule has 0 saturated carbocycles. The summed E-state index contributed by atoms with van der Waals surface area (Å²) in [5, 5.41) is 10.8. The van der Waals surface area contributed by atoms with E-state index in [1.165, 1.54) is 0 Å². The van der Waals surface area contributed by atoms with Crippen LogP contribution in [0.3, 0.4) is 0 Å². The third kappa shape index (κ3) is 2.35. The average molecular weight is 225 g/mol. The minimum Gasteiger partial charge on any atom is -0.507 e. The van der Waals surface area contributed by atoms with Gasteiger partial charge in [0.25, 0.3) is 0 Å². The second-order valence-electron chi connectivity index (χ2n) is 4.05. The summed E-state index contributed by atoms with van der Waals surface area (Å²) in [7, 11) is 0. The molecule has 1 aromatic carbocycles. The van der Waals surface area contributed by atoms with Crippen molar-refractivity contribution in [3.8, 4) is 5.75 Å². The number of halogens is 1. The van der Waals surface area contributed by atoms with E-state index in [9.17, 15) is 5.11 Å². The molecule has 0 heterocycles. The van der Waals surface area contributed by atoms with E-state index < -0.39 is 0 Å². The summed E-state index contributed by atoms with van der Waals surface area (Å²) < 4.78 is 0. The Morgan fingerprint density at radius 3 is 2.60 bits per heavy atom. The highest BCUT2D eigenvalue weighted by molar-refractivity contribution is 6.31.